The molecule has 0 aliphatic heterocycles. The Kier molecular flexibility index (Phi) is 19.9. The Bertz CT molecular complexity index is 1390. The molecule has 0 aliphatic rings. The van der Waals surface area contributed by atoms with Crippen molar-refractivity contribution >= 4 is 47.8 Å². The van der Waals surface area contributed by atoms with Gasteiger partial charge in [0, 0.05) is 11.5 Å². The summed E-state index contributed by atoms with van der Waals surface area (Å²) in [6.45, 7) is 9.34. The standard InChI is InChI=1S/C37H49NO13S2/c1-26(2)52-20-30-10-6-28(7-11-30)18-48-32(41)36(4,22-39)24-50-34(43)46-16-14-45-15-17-47-35(44)51-25-37(5,23-40)33(42)49-19-29-8-12-31(13-9-29)21-53-27(3)38/h6-13,39-40H,1,3,14-25,38H2,2,4-5H3. The molecule has 0 spiro atoms. The van der Waals surface area contributed by atoms with E-state index in [0.29, 0.717) is 10.8 Å². The Morgan fingerprint density at radius 2 is 1.00 bits per heavy atom. The predicted molar refractivity (Wildman–Crippen MR) is 199 cm³/mol. The molecule has 0 amide bonds. The minimum absolute atomic E-state index is 0.0213. The van der Waals surface area contributed by atoms with Crippen molar-refractivity contribution in [3.63, 3.8) is 0 Å². The number of aliphatic hydroxyl groups is 2. The molecule has 2 aromatic rings. The molecule has 0 aromatic heterocycles. The van der Waals surface area contributed by atoms with Gasteiger partial charge in [-0.05, 0) is 47.9 Å². The van der Waals surface area contributed by atoms with Gasteiger partial charge in [0.15, 0.2) is 0 Å². The second kappa shape index (κ2) is 23.4. The average molecular weight is 780 g/mol. The molecule has 0 heterocycles. The first-order valence-corrected chi connectivity index (χ1v) is 18.4. The highest BCUT2D eigenvalue weighted by atomic mass is 32.2. The fraction of sp³-hybridized carbons (Fsp3) is 0.459. The maximum absolute atomic E-state index is 12.7. The third-order valence-corrected chi connectivity index (χ3v) is 9.11. The molecule has 0 fully saturated rings. The van der Waals surface area contributed by atoms with E-state index < -0.39 is 61.5 Å². The van der Waals surface area contributed by atoms with Crippen LogP contribution in [-0.2, 0) is 67.5 Å². The molecule has 0 aliphatic carbocycles. The summed E-state index contributed by atoms with van der Waals surface area (Å²) in [6, 6.07) is 14.9. The Morgan fingerprint density at radius 1 is 0.623 bits per heavy atom. The fourth-order valence-corrected chi connectivity index (χ4v) is 4.97. The lowest BCUT2D eigenvalue weighted by atomic mass is 9.93. The summed E-state index contributed by atoms with van der Waals surface area (Å²) in [4.78, 5) is 50.3. The third kappa shape index (κ3) is 17.4. The highest BCUT2D eigenvalue weighted by molar-refractivity contribution is 8.02. The summed E-state index contributed by atoms with van der Waals surface area (Å²) in [6.07, 6.45) is -2.18. The summed E-state index contributed by atoms with van der Waals surface area (Å²) in [5.41, 5.74) is 6.14. The molecule has 2 rings (SSSR count). The second-order valence-electron chi connectivity index (χ2n) is 12.4. The van der Waals surface area contributed by atoms with Gasteiger partial charge in [-0.2, -0.15) is 0 Å². The number of allylic oxidation sites excluding steroid dienone is 1. The van der Waals surface area contributed by atoms with Crippen molar-refractivity contribution in [1.29, 1.82) is 0 Å². The lowest BCUT2D eigenvalue weighted by Crippen LogP contribution is -2.39. The number of rotatable bonds is 24. The van der Waals surface area contributed by atoms with E-state index >= 15 is 0 Å². The number of carbonyl (C=O) groups is 4. The van der Waals surface area contributed by atoms with Crippen LogP contribution in [0, 0.1) is 10.8 Å². The Morgan fingerprint density at radius 3 is 1.36 bits per heavy atom. The third-order valence-electron chi connectivity index (χ3n) is 7.29. The van der Waals surface area contributed by atoms with E-state index in [1.807, 2.05) is 43.3 Å². The number of hydrogen-bond acceptors (Lipinski definition) is 16. The predicted octanol–water partition coefficient (Wildman–Crippen LogP) is 5.22. The van der Waals surface area contributed by atoms with Gasteiger partial charge in [-0.15, -0.1) is 23.5 Å². The smallest absolute Gasteiger partial charge is 0.460 e. The van der Waals surface area contributed by atoms with Crippen LogP contribution in [-0.4, -0.2) is 87.3 Å². The van der Waals surface area contributed by atoms with Crippen molar-refractivity contribution in [3.05, 3.63) is 93.9 Å². The molecule has 292 valence electrons. The molecule has 0 saturated carbocycles. The van der Waals surface area contributed by atoms with Crippen molar-refractivity contribution in [3.8, 4) is 0 Å². The van der Waals surface area contributed by atoms with E-state index in [1.165, 1.54) is 25.6 Å². The van der Waals surface area contributed by atoms with E-state index in [0.717, 1.165) is 32.9 Å². The number of carbonyl (C=O) groups excluding carboxylic acids is 4. The summed E-state index contributed by atoms with van der Waals surface area (Å²) in [7, 11) is 0. The van der Waals surface area contributed by atoms with Crippen LogP contribution in [0.25, 0.3) is 0 Å². The number of esters is 2. The molecule has 0 radical (unpaired) electrons. The molecule has 53 heavy (non-hydrogen) atoms. The zero-order valence-electron chi connectivity index (χ0n) is 30.3. The molecule has 0 bridgehead atoms. The first-order valence-electron chi connectivity index (χ1n) is 16.4. The van der Waals surface area contributed by atoms with Crippen LogP contribution in [0.3, 0.4) is 0 Å². The van der Waals surface area contributed by atoms with Gasteiger partial charge in [0.05, 0.1) is 31.5 Å². The zero-order valence-corrected chi connectivity index (χ0v) is 31.9. The van der Waals surface area contributed by atoms with Gasteiger partial charge in [0.1, 0.15) is 50.5 Å². The van der Waals surface area contributed by atoms with E-state index in [4.69, 9.17) is 38.9 Å². The SMILES string of the molecule is C=C(C)SCc1ccc(COC(=O)C(C)(CO)COC(=O)OCCOCCOC(=O)OCC(C)(CO)C(=O)OCc2ccc(CSC(=C)N)cc2)cc1. The van der Waals surface area contributed by atoms with E-state index in [2.05, 4.69) is 13.2 Å². The molecule has 0 saturated heterocycles. The van der Waals surface area contributed by atoms with E-state index in [-0.39, 0.29) is 39.6 Å². The van der Waals surface area contributed by atoms with Gasteiger partial charge in [0.25, 0.3) is 0 Å². The molecular formula is C37H49NO13S2. The normalized spacial score (nSPS) is 13.1. The van der Waals surface area contributed by atoms with Crippen molar-refractivity contribution in [2.24, 2.45) is 16.6 Å². The van der Waals surface area contributed by atoms with Crippen molar-refractivity contribution in [1.82, 2.24) is 0 Å². The Labute approximate surface area is 318 Å². The molecule has 2 unspecified atom stereocenters. The number of thioether (sulfide) groups is 2. The summed E-state index contributed by atoms with van der Waals surface area (Å²) in [5.74, 6) is -0.0731. The zero-order chi connectivity index (χ0) is 39.3. The monoisotopic (exact) mass is 779 g/mol. The van der Waals surface area contributed by atoms with Crippen molar-refractivity contribution in [2.75, 3.05) is 52.9 Å². The summed E-state index contributed by atoms with van der Waals surface area (Å²) in [5, 5.41) is 20.1. The summed E-state index contributed by atoms with van der Waals surface area (Å²) >= 11 is 3.04. The molecular weight excluding hydrogens is 731 g/mol. The van der Waals surface area contributed by atoms with Crippen molar-refractivity contribution < 1.29 is 62.5 Å². The minimum atomic E-state index is -1.52. The number of ether oxygens (including phenoxy) is 7. The maximum atomic E-state index is 12.7. The first-order chi connectivity index (χ1) is 25.2. The van der Waals surface area contributed by atoms with Gasteiger partial charge < -0.3 is 49.1 Å². The Hall–Kier alpha value is -4.22. The average Bonchev–Trinajstić information content (AvgIpc) is 3.15. The largest absolute Gasteiger partial charge is 0.508 e. The fourth-order valence-electron chi connectivity index (χ4n) is 3.82. The molecule has 14 nitrogen and oxygen atoms in total. The molecule has 4 N–H and O–H groups in total. The lowest BCUT2D eigenvalue weighted by Gasteiger charge is -2.24. The number of nitrogens with two attached hydrogens (primary N) is 1. The number of hydrogen-bond donors (Lipinski definition) is 3. The molecule has 2 atom stereocenters. The quantitative estimate of drug-likeness (QED) is 0.0711. The van der Waals surface area contributed by atoms with E-state index in [1.54, 1.807) is 23.9 Å². The number of benzene rings is 2. The van der Waals surface area contributed by atoms with Crippen LogP contribution in [0.1, 0.15) is 43.0 Å². The summed E-state index contributed by atoms with van der Waals surface area (Å²) < 4.78 is 35.7. The topological polar surface area (TPSA) is 199 Å². The van der Waals surface area contributed by atoms with Crippen LogP contribution in [0.15, 0.2) is 71.6 Å². The Balaban J connectivity index is 1.59. The van der Waals surface area contributed by atoms with Crippen LogP contribution in [0.2, 0.25) is 0 Å². The minimum Gasteiger partial charge on any atom is -0.460 e. The second-order valence-corrected chi connectivity index (χ2v) is 14.7. The number of aliphatic hydroxyl groups excluding tert-OH is 2. The highest BCUT2D eigenvalue weighted by Crippen LogP contribution is 2.23. The van der Waals surface area contributed by atoms with Gasteiger partial charge in [-0.3, -0.25) is 9.59 Å². The van der Waals surface area contributed by atoms with Crippen LogP contribution in [0.5, 0.6) is 0 Å². The van der Waals surface area contributed by atoms with Crippen molar-refractivity contribution in [2.45, 2.75) is 45.5 Å². The molecule has 2 aromatic carbocycles. The van der Waals surface area contributed by atoms with Gasteiger partial charge in [-0.25, -0.2) is 9.59 Å². The van der Waals surface area contributed by atoms with Gasteiger partial charge >= 0.3 is 24.2 Å². The van der Waals surface area contributed by atoms with E-state index in [9.17, 15) is 29.4 Å². The highest BCUT2D eigenvalue weighted by Gasteiger charge is 2.37. The van der Waals surface area contributed by atoms with Gasteiger partial charge in [0.2, 0.25) is 0 Å². The van der Waals surface area contributed by atoms with Crippen LogP contribution in [0.4, 0.5) is 9.59 Å². The van der Waals surface area contributed by atoms with Gasteiger partial charge in [-0.1, -0.05) is 61.7 Å². The molecule has 16 heteroatoms. The van der Waals surface area contributed by atoms with Crippen LogP contribution < -0.4 is 5.73 Å². The van der Waals surface area contributed by atoms with Crippen LogP contribution >= 0.6 is 23.5 Å². The first kappa shape index (κ1) is 44.9. The maximum Gasteiger partial charge on any atom is 0.508 e. The lowest BCUT2D eigenvalue weighted by molar-refractivity contribution is -0.163.